The van der Waals surface area contributed by atoms with Gasteiger partial charge in [-0.15, -0.1) is 0 Å². The van der Waals surface area contributed by atoms with E-state index < -0.39 is 24.0 Å². The fourth-order valence-electron chi connectivity index (χ4n) is 3.37. The molecule has 1 fully saturated rings. The molecule has 1 aromatic heterocycles. The van der Waals surface area contributed by atoms with Gasteiger partial charge < -0.3 is 19.6 Å². The Kier molecular flexibility index (Phi) is 5.91. The van der Waals surface area contributed by atoms with Crippen LogP contribution in [0.4, 0.5) is 14.9 Å². The van der Waals surface area contributed by atoms with Gasteiger partial charge in [0.1, 0.15) is 18.2 Å². The molecule has 1 aliphatic heterocycles. The number of oxazole rings is 1. The molecule has 2 aromatic carbocycles. The molecule has 1 aliphatic rings. The van der Waals surface area contributed by atoms with Crippen molar-refractivity contribution in [3.8, 4) is 22.6 Å². The normalized spacial score (nSPS) is 15.7. The lowest BCUT2D eigenvalue weighted by Gasteiger charge is -2.14. The number of nitrogens with zero attached hydrogens (tertiary/aromatic N) is 2. The summed E-state index contributed by atoms with van der Waals surface area (Å²) in [6, 6.07) is 11.8. The third kappa shape index (κ3) is 4.33. The first-order chi connectivity index (χ1) is 15.4. The first-order valence-electron chi connectivity index (χ1n) is 10.1. The molecule has 3 aromatic rings. The topological polar surface area (TPSA) is 110 Å². The Morgan fingerprint density at radius 3 is 2.56 bits per heavy atom. The summed E-state index contributed by atoms with van der Waals surface area (Å²) in [6.07, 6.45) is -1.23. The Balaban J connectivity index is 1.48. The number of aromatic nitrogens is 1. The van der Waals surface area contributed by atoms with Gasteiger partial charge in [0.15, 0.2) is 12.6 Å². The minimum atomic E-state index is -0.617. The molecular weight excluding hydrogens is 417 g/mol. The maximum Gasteiger partial charge on any atom is 0.414 e. The maximum atomic E-state index is 14.9. The van der Waals surface area contributed by atoms with Crippen LogP contribution in [-0.4, -0.2) is 42.8 Å². The highest BCUT2D eigenvalue weighted by molar-refractivity contribution is 5.90. The van der Waals surface area contributed by atoms with Gasteiger partial charge in [0.05, 0.1) is 17.9 Å². The second-order valence-electron chi connectivity index (χ2n) is 7.45. The van der Waals surface area contributed by atoms with E-state index in [9.17, 15) is 14.0 Å². The predicted molar refractivity (Wildman–Crippen MR) is 113 cm³/mol. The second-order valence-corrected chi connectivity index (χ2v) is 7.45. The number of hydrogen-bond acceptors (Lipinski definition) is 6. The van der Waals surface area contributed by atoms with E-state index in [1.54, 1.807) is 24.3 Å². The summed E-state index contributed by atoms with van der Waals surface area (Å²) in [7, 11) is 0. The quantitative estimate of drug-likeness (QED) is 0.591. The molecule has 2 heterocycles. The number of carbonyl (C=O) groups is 2. The number of hydrogen-bond donors (Lipinski definition) is 1. The van der Waals surface area contributed by atoms with Gasteiger partial charge in [-0.05, 0) is 49.7 Å². The molecular formula is C23H23FN3O5+. The molecule has 0 radical (unpaired) electrons. The lowest BCUT2D eigenvalue weighted by atomic mass is 10.0. The average molecular weight is 440 g/mol. The number of aryl methyl sites for hydroxylation is 2. The molecule has 3 N–H and O–H groups in total. The highest BCUT2D eigenvalue weighted by Gasteiger charge is 2.33. The highest BCUT2D eigenvalue weighted by atomic mass is 19.1. The molecule has 1 saturated heterocycles. The highest BCUT2D eigenvalue weighted by Crippen LogP contribution is 2.31. The number of benzene rings is 2. The van der Waals surface area contributed by atoms with Crippen LogP contribution in [0.25, 0.3) is 22.6 Å². The van der Waals surface area contributed by atoms with Gasteiger partial charge in [-0.2, -0.15) is 0 Å². The van der Waals surface area contributed by atoms with Crippen molar-refractivity contribution in [1.29, 1.82) is 0 Å². The van der Waals surface area contributed by atoms with Crippen molar-refractivity contribution in [3.05, 3.63) is 59.7 Å². The molecule has 4 rings (SSSR count). The standard InChI is InChI=1S/C23H22FN3O5/c1-13-14(2)31-22(26-13)16-5-3-15(4-6-16)19-8-7-17(9-20(19)24)27-11-18(32-23(27)29)12-30-21(28)10-25/h3-9,18H,10-12,25H2,1-2H3/p+1/t18-/m1/s1. The molecule has 1 amide bonds. The largest absolute Gasteiger partial charge is 0.458 e. The summed E-state index contributed by atoms with van der Waals surface area (Å²) < 4.78 is 30.7. The van der Waals surface area contributed by atoms with Gasteiger partial charge >= 0.3 is 12.1 Å². The van der Waals surface area contributed by atoms with E-state index in [2.05, 4.69) is 10.7 Å². The summed E-state index contributed by atoms with van der Waals surface area (Å²) in [5.41, 5.74) is 6.50. The van der Waals surface area contributed by atoms with Crippen molar-refractivity contribution in [1.82, 2.24) is 4.98 Å². The van der Waals surface area contributed by atoms with E-state index in [1.807, 2.05) is 26.0 Å². The van der Waals surface area contributed by atoms with E-state index in [0.717, 1.165) is 17.0 Å². The number of esters is 1. The summed E-state index contributed by atoms with van der Waals surface area (Å²) >= 11 is 0. The van der Waals surface area contributed by atoms with Crippen LogP contribution in [0.2, 0.25) is 0 Å². The summed E-state index contributed by atoms with van der Waals surface area (Å²) in [5, 5.41) is 0. The van der Waals surface area contributed by atoms with Crippen molar-refractivity contribution in [2.75, 3.05) is 24.6 Å². The van der Waals surface area contributed by atoms with E-state index in [1.165, 1.54) is 11.0 Å². The third-order valence-corrected chi connectivity index (χ3v) is 5.24. The molecule has 0 aliphatic carbocycles. The molecule has 8 nitrogen and oxygen atoms in total. The zero-order valence-electron chi connectivity index (χ0n) is 17.8. The number of carbonyl (C=O) groups excluding carboxylic acids is 2. The van der Waals surface area contributed by atoms with Crippen LogP contribution in [0, 0.1) is 19.7 Å². The fourth-order valence-corrected chi connectivity index (χ4v) is 3.37. The van der Waals surface area contributed by atoms with Gasteiger partial charge in [-0.3, -0.25) is 4.90 Å². The molecule has 0 bridgehead atoms. The Bertz CT molecular complexity index is 1140. The van der Waals surface area contributed by atoms with E-state index in [4.69, 9.17) is 13.9 Å². The Morgan fingerprint density at radius 1 is 1.22 bits per heavy atom. The van der Waals surface area contributed by atoms with Gasteiger partial charge in [0.2, 0.25) is 5.89 Å². The van der Waals surface area contributed by atoms with Crippen LogP contribution in [-0.2, 0) is 14.3 Å². The SMILES string of the molecule is Cc1nc(-c2ccc(-c3ccc(N4C[C@H](COC(=O)C[NH3+])OC4=O)cc3F)cc2)oc1C. The van der Waals surface area contributed by atoms with E-state index >= 15 is 0 Å². The van der Waals surface area contributed by atoms with E-state index in [0.29, 0.717) is 22.7 Å². The van der Waals surface area contributed by atoms with Crippen LogP contribution < -0.4 is 10.6 Å². The van der Waals surface area contributed by atoms with Crippen LogP contribution in [0.3, 0.4) is 0 Å². The number of anilines is 1. The molecule has 9 heteroatoms. The second kappa shape index (κ2) is 8.80. The molecule has 1 atom stereocenters. The first-order valence-corrected chi connectivity index (χ1v) is 10.1. The van der Waals surface area contributed by atoms with Crippen molar-refractivity contribution < 1.29 is 33.6 Å². The first kappa shape index (κ1) is 21.5. The minimum absolute atomic E-state index is 0.00462. The minimum Gasteiger partial charge on any atom is -0.458 e. The fraction of sp³-hybridized carbons (Fsp3) is 0.261. The Morgan fingerprint density at radius 2 is 1.94 bits per heavy atom. The molecule has 0 spiro atoms. The zero-order chi connectivity index (χ0) is 22.8. The molecule has 0 saturated carbocycles. The summed E-state index contributed by atoms with van der Waals surface area (Å²) in [5.74, 6) is 0.325. The predicted octanol–water partition coefficient (Wildman–Crippen LogP) is 2.87. The van der Waals surface area contributed by atoms with Gasteiger partial charge in [-0.1, -0.05) is 12.1 Å². The average Bonchev–Trinajstić information content (AvgIpc) is 3.33. The van der Waals surface area contributed by atoms with Crippen molar-refractivity contribution in [2.45, 2.75) is 20.0 Å². The molecule has 166 valence electrons. The Hall–Kier alpha value is -3.72. The monoisotopic (exact) mass is 440 g/mol. The van der Waals surface area contributed by atoms with Gasteiger partial charge in [0.25, 0.3) is 0 Å². The van der Waals surface area contributed by atoms with Crippen molar-refractivity contribution in [2.24, 2.45) is 0 Å². The number of ether oxygens (including phenoxy) is 2. The number of rotatable bonds is 6. The smallest absolute Gasteiger partial charge is 0.414 e. The number of amides is 1. The van der Waals surface area contributed by atoms with Crippen LogP contribution >= 0.6 is 0 Å². The number of quaternary nitrogens is 1. The van der Waals surface area contributed by atoms with Gasteiger partial charge in [-0.25, -0.2) is 19.0 Å². The Labute approximate surface area is 183 Å². The number of cyclic esters (lactones) is 1. The maximum absolute atomic E-state index is 14.9. The third-order valence-electron chi connectivity index (χ3n) is 5.24. The molecule has 32 heavy (non-hydrogen) atoms. The zero-order valence-corrected chi connectivity index (χ0v) is 17.8. The van der Waals surface area contributed by atoms with E-state index in [-0.39, 0.29) is 19.7 Å². The summed E-state index contributed by atoms with van der Waals surface area (Å²) in [4.78, 5) is 29.1. The lowest BCUT2D eigenvalue weighted by molar-refractivity contribution is -0.359. The van der Waals surface area contributed by atoms with Crippen molar-refractivity contribution >= 4 is 17.7 Å². The molecule has 0 unspecified atom stereocenters. The van der Waals surface area contributed by atoms with Crippen molar-refractivity contribution in [3.63, 3.8) is 0 Å². The number of halogens is 1. The van der Waals surface area contributed by atoms with Crippen LogP contribution in [0.5, 0.6) is 0 Å². The lowest BCUT2D eigenvalue weighted by Crippen LogP contribution is -2.54. The van der Waals surface area contributed by atoms with Crippen LogP contribution in [0.1, 0.15) is 11.5 Å². The van der Waals surface area contributed by atoms with Crippen LogP contribution in [0.15, 0.2) is 46.9 Å². The summed E-state index contributed by atoms with van der Waals surface area (Å²) in [6.45, 7) is 3.82. The van der Waals surface area contributed by atoms with Gasteiger partial charge in [0, 0.05) is 11.1 Å².